The van der Waals surface area contributed by atoms with Crippen LogP contribution in [0.2, 0.25) is 0 Å². The van der Waals surface area contributed by atoms with Gasteiger partial charge in [0, 0.05) is 6.04 Å². The summed E-state index contributed by atoms with van der Waals surface area (Å²) in [4.78, 5) is 21.8. The second-order valence-corrected chi connectivity index (χ2v) is 4.08. The van der Waals surface area contributed by atoms with Gasteiger partial charge < -0.3 is 21.5 Å². The Bertz CT molecular complexity index is 252. The standard InChI is InChI=1S/C10H19N3O3/c11-10(16)8(14)5-13-9(15)6-12-7-3-1-2-4-7/h7-8,12,14H,1-6H2,(H2,11,16)(H,13,15). The number of hydrogen-bond acceptors (Lipinski definition) is 4. The van der Waals surface area contributed by atoms with Gasteiger partial charge in [-0.15, -0.1) is 0 Å². The summed E-state index contributed by atoms with van der Waals surface area (Å²) in [5, 5.41) is 14.6. The van der Waals surface area contributed by atoms with Gasteiger partial charge >= 0.3 is 0 Å². The van der Waals surface area contributed by atoms with Gasteiger partial charge in [-0.25, -0.2) is 0 Å². The SMILES string of the molecule is NC(=O)C(O)CNC(=O)CNC1CCCC1. The minimum Gasteiger partial charge on any atom is -0.381 e. The molecular formula is C10H19N3O3. The zero-order valence-corrected chi connectivity index (χ0v) is 9.24. The van der Waals surface area contributed by atoms with Gasteiger partial charge in [0.25, 0.3) is 0 Å². The number of primary amides is 1. The zero-order chi connectivity index (χ0) is 12.0. The molecule has 5 N–H and O–H groups in total. The van der Waals surface area contributed by atoms with Crippen molar-refractivity contribution in [2.75, 3.05) is 13.1 Å². The summed E-state index contributed by atoms with van der Waals surface area (Å²) < 4.78 is 0. The highest BCUT2D eigenvalue weighted by molar-refractivity contribution is 5.81. The maximum Gasteiger partial charge on any atom is 0.248 e. The second-order valence-electron chi connectivity index (χ2n) is 4.08. The molecule has 2 amide bonds. The van der Waals surface area contributed by atoms with Crippen LogP contribution in [0.1, 0.15) is 25.7 Å². The molecule has 0 heterocycles. The van der Waals surface area contributed by atoms with E-state index in [0.717, 1.165) is 12.8 Å². The van der Waals surface area contributed by atoms with Crippen LogP contribution in [0.15, 0.2) is 0 Å². The quantitative estimate of drug-likeness (QED) is 0.444. The number of nitrogens with two attached hydrogens (primary N) is 1. The number of hydrogen-bond donors (Lipinski definition) is 4. The van der Waals surface area contributed by atoms with Crippen LogP contribution in [-0.2, 0) is 9.59 Å². The summed E-state index contributed by atoms with van der Waals surface area (Å²) in [6, 6.07) is 0.423. The Kier molecular flexibility index (Phi) is 5.21. The lowest BCUT2D eigenvalue weighted by Crippen LogP contribution is -2.44. The summed E-state index contributed by atoms with van der Waals surface area (Å²) in [5.41, 5.74) is 4.84. The molecule has 92 valence electrons. The molecule has 16 heavy (non-hydrogen) atoms. The van der Waals surface area contributed by atoms with E-state index in [4.69, 9.17) is 10.8 Å². The van der Waals surface area contributed by atoms with Gasteiger partial charge in [0.05, 0.1) is 13.1 Å². The average Bonchev–Trinajstić information content (AvgIpc) is 2.75. The molecule has 0 radical (unpaired) electrons. The summed E-state index contributed by atoms with van der Waals surface area (Å²) >= 11 is 0. The van der Waals surface area contributed by atoms with Crippen molar-refractivity contribution in [3.8, 4) is 0 Å². The van der Waals surface area contributed by atoms with Gasteiger partial charge in [-0.3, -0.25) is 9.59 Å². The fraction of sp³-hybridized carbons (Fsp3) is 0.800. The first-order valence-corrected chi connectivity index (χ1v) is 5.57. The number of rotatable bonds is 6. The van der Waals surface area contributed by atoms with E-state index < -0.39 is 12.0 Å². The monoisotopic (exact) mass is 229 g/mol. The molecule has 6 nitrogen and oxygen atoms in total. The predicted octanol–water partition coefficient (Wildman–Crippen LogP) is -1.52. The molecule has 0 aliphatic heterocycles. The van der Waals surface area contributed by atoms with E-state index in [-0.39, 0.29) is 19.0 Å². The van der Waals surface area contributed by atoms with E-state index >= 15 is 0 Å². The largest absolute Gasteiger partial charge is 0.381 e. The first-order chi connectivity index (χ1) is 7.59. The molecule has 1 unspecified atom stereocenters. The van der Waals surface area contributed by atoms with Crippen molar-refractivity contribution in [1.82, 2.24) is 10.6 Å². The van der Waals surface area contributed by atoms with Crippen molar-refractivity contribution < 1.29 is 14.7 Å². The molecule has 1 aliphatic carbocycles. The number of carbonyl (C=O) groups excluding carboxylic acids is 2. The third-order valence-electron chi connectivity index (χ3n) is 2.73. The fourth-order valence-corrected chi connectivity index (χ4v) is 1.74. The Morgan fingerprint density at radius 2 is 2.00 bits per heavy atom. The molecule has 6 heteroatoms. The van der Waals surface area contributed by atoms with E-state index in [2.05, 4.69) is 10.6 Å². The fourth-order valence-electron chi connectivity index (χ4n) is 1.74. The van der Waals surface area contributed by atoms with Crippen LogP contribution < -0.4 is 16.4 Å². The van der Waals surface area contributed by atoms with Crippen LogP contribution in [-0.4, -0.2) is 42.2 Å². The Hall–Kier alpha value is -1.14. The lowest BCUT2D eigenvalue weighted by Gasteiger charge is -2.12. The summed E-state index contributed by atoms with van der Waals surface area (Å²) in [6.07, 6.45) is 3.32. The number of aliphatic hydroxyl groups is 1. The van der Waals surface area contributed by atoms with Crippen molar-refractivity contribution >= 4 is 11.8 Å². The molecule has 0 aromatic carbocycles. The van der Waals surface area contributed by atoms with Crippen LogP contribution >= 0.6 is 0 Å². The predicted molar refractivity (Wildman–Crippen MR) is 58.5 cm³/mol. The molecule has 0 saturated heterocycles. The molecule has 1 atom stereocenters. The molecule has 0 aromatic heterocycles. The van der Waals surface area contributed by atoms with E-state index in [9.17, 15) is 9.59 Å². The van der Waals surface area contributed by atoms with Gasteiger partial charge in [0.15, 0.2) is 0 Å². The first-order valence-electron chi connectivity index (χ1n) is 5.57. The van der Waals surface area contributed by atoms with Crippen molar-refractivity contribution in [2.24, 2.45) is 5.73 Å². The molecule has 0 spiro atoms. The molecule has 1 aliphatic rings. The van der Waals surface area contributed by atoms with Crippen LogP contribution in [0.5, 0.6) is 0 Å². The van der Waals surface area contributed by atoms with Gasteiger partial charge in [0.1, 0.15) is 6.10 Å². The Labute approximate surface area is 94.6 Å². The first kappa shape index (κ1) is 12.9. The topological polar surface area (TPSA) is 104 Å². The highest BCUT2D eigenvalue weighted by atomic mass is 16.3. The maximum absolute atomic E-state index is 11.3. The zero-order valence-electron chi connectivity index (χ0n) is 9.24. The Balaban J connectivity index is 2.08. The normalized spacial score (nSPS) is 18.3. The number of aliphatic hydroxyl groups excluding tert-OH is 1. The molecule has 0 bridgehead atoms. The third kappa shape index (κ3) is 4.59. The van der Waals surface area contributed by atoms with Crippen molar-refractivity contribution in [3.63, 3.8) is 0 Å². The van der Waals surface area contributed by atoms with E-state index in [1.807, 2.05) is 0 Å². The van der Waals surface area contributed by atoms with Crippen molar-refractivity contribution in [3.05, 3.63) is 0 Å². The van der Waals surface area contributed by atoms with Crippen LogP contribution in [0.25, 0.3) is 0 Å². The number of carbonyl (C=O) groups is 2. The van der Waals surface area contributed by atoms with Crippen LogP contribution in [0.4, 0.5) is 0 Å². The summed E-state index contributed by atoms with van der Waals surface area (Å²) in [6.45, 7) is 0.0939. The molecule has 0 aromatic rings. The van der Waals surface area contributed by atoms with E-state index in [1.54, 1.807) is 0 Å². The number of nitrogens with one attached hydrogen (secondary N) is 2. The molecule has 1 fully saturated rings. The van der Waals surface area contributed by atoms with E-state index in [0.29, 0.717) is 6.04 Å². The maximum atomic E-state index is 11.3. The van der Waals surface area contributed by atoms with Crippen LogP contribution in [0.3, 0.4) is 0 Å². The minimum atomic E-state index is -1.31. The summed E-state index contributed by atoms with van der Waals surface area (Å²) in [7, 11) is 0. The smallest absolute Gasteiger partial charge is 0.248 e. The van der Waals surface area contributed by atoms with Crippen molar-refractivity contribution in [1.29, 1.82) is 0 Å². The number of amides is 2. The van der Waals surface area contributed by atoms with Crippen LogP contribution in [0, 0.1) is 0 Å². The second kappa shape index (κ2) is 6.44. The van der Waals surface area contributed by atoms with Gasteiger partial charge in [-0.05, 0) is 12.8 Å². The Morgan fingerprint density at radius 3 is 2.56 bits per heavy atom. The highest BCUT2D eigenvalue weighted by Gasteiger charge is 2.16. The third-order valence-corrected chi connectivity index (χ3v) is 2.73. The highest BCUT2D eigenvalue weighted by Crippen LogP contribution is 2.17. The van der Waals surface area contributed by atoms with Crippen molar-refractivity contribution in [2.45, 2.75) is 37.8 Å². The lowest BCUT2D eigenvalue weighted by atomic mass is 10.2. The van der Waals surface area contributed by atoms with Gasteiger partial charge in [-0.2, -0.15) is 0 Å². The minimum absolute atomic E-state index is 0.124. The van der Waals surface area contributed by atoms with Gasteiger partial charge in [-0.1, -0.05) is 12.8 Å². The lowest BCUT2D eigenvalue weighted by molar-refractivity contribution is -0.126. The molecule has 1 rings (SSSR count). The molecule has 1 saturated carbocycles. The molecular weight excluding hydrogens is 210 g/mol. The Morgan fingerprint density at radius 1 is 1.38 bits per heavy atom. The van der Waals surface area contributed by atoms with Gasteiger partial charge in [0.2, 0.25) is 11.8 Å². The van der Waals surface area contributed by atoms with E-state index in [1.165, 1.54) is 12.8 Å². The average molecular weight is 229 g/mol. The summed E-state index contributed by atoms with van der Waals surface area (Å²) in [5.74, 6) is -1.06.